The summed E-state index contributed by atoms with van der Waals surface area (Å²) in [5, 5.41) is 7.89. The fourth-order valence-electron chi connectivity index (χ4n) is 3.17. The Hall–Kier alpha value is -2.20. The van der Waals surface area contributed by atoms with Crippen molar-refractivity contribution in [1.29, 1.82) is 5.26 Å². The van der Waals surface area contributed by atoms with Gasteiger partial charge < -0.3 is 14.4 Å². The summed E-state index contributed by atoms with van der Waals surface area (Å²) in [6, 6.07) is 3.55. The molecular weight excluding hydrogens is 385 g/mol. The second-order valence-corrected chi connectivity index (χ2v) is 8.60. The van der Waals surface area contributed by atoms with Gasteiger partial charge in [0.25, 0.3) is 0 Å². The molecule has 7 heteroatoms. The number of piperidine rings is 1. The Morgan fingerprint density at radius 3 is 2.33 bits per heavy atom. The molecule has 2 aliphatic heterocycles. The van der Waals surface area contributed by atoms with Gasteiger partial charge in [-0.3, -0.25) is 4.98 Å². The van der Waals surface area contributed by atoms with Crippen LogP contribution in [-0.4, -0.2) is 34.7 Å². The van der Waals surface area contributed by atoms with E-state index in [4.69, 9.17) is 14.7 Å². The lowest BCUT2D eigenvalue weighted by atomic mass is 9.87. The zero-order valence-electron chi connectivity index (χ0n) is 19.6. The summed E-state index contributed by atoms with van der Waals surface area (Å²) in [5.41, 5.74) is 1.05. The van der Waals surface area contributed by atoms with Crippen molar-refractivity contribution >= 4 is 6.09 Å². The zero-order chi connectivity index (χ0) is 23.1. The fraction of sp³-hybridized carbons (Fsp3) is 0.696. The minimum Gasteiger partial charge on any atom is -0.444 e. The van der Waals surface area contributed by atoms with Gasteiger partial charge in [-0.2, -0.15) is 5.26 Å². The van der Waals surface area contributed by atoms with Crippen LogP contribution in [0.3, 0.4) is 0 Å². The van der Waals surface area contributed by atoms with E-state index in [-0.39, 0.29) is 17.8 Å². The molecule has 1 amide bonds. The maximum Gasteiger partial charge on any atom is 0.410 e. The van der Waals surface area contributed by atoms with E-state index in [0.29, 0.717) is 38.2 Å². The molecule has 3 heterocycles. The highest BCUT2D eigenvalue weighted by Gasteiger charge is 2.45. The van der Waals surface area contributed by atoms with Crippen molar-refractivity contribution in [3.8, 4) is 6.07 Å². The number of carbonyl (C=O) groups excluding carboxylic acids is 1. The molecule has 1 fully saturated rings. The predicted octanol–water partition coefficient (Wildman–Crippen LogP) is 5.48. The summed E-state index contributed by atoms with van der Waals surface area (Å²) >= 11 is 0. The number of halogens is 1. The quantitative estimate of drug-likeness (QED) is 0.555. The van der Waals surface area contributed by atoms with Crippen LogP contribution in [0.4, 0.5) is 9.18 Å². The van der Waals surface area contributed by atoms with Crippen LogP contribution in [0.1, 0.15) is 78.3 Å². The molecule has 1 saturated heterocycles. The minimum atomic E-state index is -0.501. The summed E-state index contributed by atoms with van der Waals surface area (Å²) in [6.07, 6.45) is 1.00. The summed E-state index contributed by atoms with van der Waals surface area (Å²) in [7, 11) is 0. The van der Waals surface area contributed by atoms with Gasteiger partial charge in [0.05, 0.1) is 24.1 Å². The molecule has 1 spiro atoms. The Morgan fingerprint density at radius 2 is 1.87 bits per heavy atom. The molecule has 1 aromatic rings. The number of ether oxygens (including phenoxy) is 2. The molecule has 0 unspecified atom stereocenters. The highest BCUT2D eigenvalue weighted by Crippen LogP contribution is 2.43. The summed E-state index contributed by atoms with van der Waals surface area (Å²) in [6.45, 7) is 16.4. The standard InChI is InChI=1S/C17H23FN2O3.C4H7N.C2H6/c1-11-13(18)9-12-10-22-17(14(12)19-11)5-7-20(8-6-17)15(21)23-16(2,3)4;1-4(2)3-5;1-2/h9H,5-8,10H2,1-4H3;4H,1-2H3;1-2H3. The number of aryl methyl sites for hydroxylation is 1. The highest BCUT2D eigenvalue weighted by atomic mass is 19.1. The average Bonchev–Trinajstić information content (AvgIpc) is 3.00. The van der Waals surface area contributed by atoms with E-state index in [1.165, 1.54) is 6.07 Å². The molecule has 0 N–H and O–H groups in total. The molecule has 168 valence electrons. The smallest absolute Gasteiger partial charge is 0.410 e. The molecule has 0 bridgehead atoms. The van der Waals surface area contributed by atoms with Crippen LogP contribution in [0.15, 0.2) is 6.07 Å². The average molecular weight is 422 g/mol. The van der Waals surface area contributed by atoms with Crippen molar-refractivity contribution in [1.82, 2.24) is 9.88 Å². The van der Waals surface area contributed by atoms with Gasteiger partial charge in [-0.05, 0) is 60.5 Å². The van der Waals surface area contributed by atoms with Crippen molar-refractivity contribution in [3.05, 3.63) is 28.8 Å². The van der Waals surface area contributed by atoms with E-state index in [1.54, 1.807) is 11.8 Å². The maximum atomic E-state index is 13.7. The van der Waals surface area contributed by atoms with E-state index < -0.39 is 11.2 Å². The number of nitrogens with zero attached hydrogens (tertiary/aromatic N) is 3. The van der Waals surface area contributed by atoms with E-state index in [9.17, 15) is 9.18 Å². The first kappa shape index (κ1) is 25.8. The minimum absolute atomic E-state index is 0.190. The van der Waals surface area contributed by atoms with Crippen molar-refractivity contribution in [2.45, 2.75) is 86.0 Å². The Balaban J connectivity index is 0.000000565. The maximum absolute atomic E-state index is 13.7. The molecule has 0 radical (unpaired) electrons. The summed E-state index contributed by atoms with van der Waals surface area (Å²) in [5.74, 6) is -0.106. The third kappa shape index (κ3) is 6.66. The third-order valence-corrected chi connectivity index (χ3v) is 4.65. The van der Waals surface area contributed by atoms with E-state index in [1.807, 2.05) is 54.5 Å². The van der Waals surface area contributed by atoms with Gasteiger partial charge in [-0.25, -0.2) is 9.18 Å². The lowest BCUT2D eigenvalue weighted by molar-refractivity contribution is -0.0817. The number of fused-ring (bicyclic) bond motifs is 2. The van der Waals surface area contributed by atoms with E-state index >= 15 is 0 Å². The van der Waals surface area contributed by atoms with Gasteiger partial charge in [-0.1, -0.05) is 13.8 Å². The monoisotopic (exact) mass is 421 g/mol. The number of rotatable bonds is 0. The van der Waals surface area contributed by atoms with E-state index in [2.05, 4.69) is 4.98 Å². The van der Waals surface area contributed by atoms with E-state index in [0.717, 1.165) is 11.3 Å². The number of hydrogen-bond acceptors (Lipinski definition) is 5. The fourth-order valence-corrected chi connectivity index (χ4v) is 3.17. The summed E-state index contributed by atoms with van der Waals surface area (Å²) < 4.78 is 25.1. The number of carbonyl (C=O) groups is 1. The second-order valence-electron chi connectivity index (χ2n) is 8.60. The Kier molecular flexibility index (Phi) is 9.23. The van der Waals surface area contributed by atoms with Gasteiger partial charge in [0.15, 0.2) is 0 Å². The molecule has 0 atom stereocenters. The van der Waals surface area contributed by atoms with Gasteiger partial charge in [-0.15, -0.1) is 0 Å². The number of nitriles is 1. The largest absolute Gasteiger partial charge is 0.444 e. The second kappa shape index (κ2) is 10.7. The molecule has 0 aliphatic carbocycles. The van der Waals surface area contributed by atoms with Crippen LogP contribution >= 0.6 is 0 Å². The molecule has 30 heavy (non-hydrogen) atoms. The normalized spacial score (nSPS) is 16.6. The van der Waals surface area contributed by atoms with Crippen molar-refractivity contribution in [2.24, 2.45) is 5.92 Å². The highest BCUT2D eigenvalue weighted by molar-refractivity contribution is 5.68. The molecule has 0 aromatic carbocycles. The lowest BCUT2D eigenvalue weighted by Crippen LogP contribution is -2.47. The van der Waals surface area contributed by atoms with Crippen LogP contribution < -0.4 is 0 Å². The van der Waals surface area contributed by atoms with Crippen LogP contribution in [-0.2, 0) is 21.7 Å². The Bertz CT molecular complexity index is 758. The molecule has 6 nitrogen and oxygen atoms in total. The molecular formula is C23H36FN3O3. The van der Waals surface area contributed by atoms with Crippen LogP contribution in [0.2, 0.25) is 0 Å². The number of aromatic nitrogens is 1. The van der Waals surface area contributed by atoms with Gasteiger partial charge >= 0.3 is 6.09 Å². The van der Waals surface area contributed by atoms with Crippen LogP contribution in [0, 0.1) is 30.0 Å². The van der Waals surface area contributed by atoms with Gasteiger partial charge in [0.2, 0.25) is 0 Å². The topological polar surface area (TPSA) is 75.5 Å². The van der Waals surface area contributed by atoms with Crippen molar-refractivity contribution in [3.63, 3.8) is 0 Å². The number of amides is 1. The van der Waals surface area contributed by atoms with Crippen LogP contribution in [0.25, 0.3) is 0 Å². The molecule has 3 rings (SSSR count). The SMILES string of the molecule is CC.CC(C)C#N.Cc1nc2c(cc1F)COC21CCN(C(=O)OC(C)(C)C)CC1. The molecule has 1 aromatic heterocycles. The lowest BCUT2D eigenvalue weighted by Gasteiger charge is -2.39. The van der Waals surface area contributed by atoms with Crippen molar-refractivity contribution < 1.29 is 18.7 Å². The predicted molar refractivity (Wildman–Crippen MR) is 114 cm³/mol. The number of likely N-dealkylation sites (tertiary alicyclic amines) is 1. The molecule has 2 aliphatic rings. The van der Waals surface area contributed by atoms with Crippen LogP contribution in [0.5, 0.6) is 0 Å². The molecule has 0 saturated carbocycles. The first-order valence-electron chi connectivity index (χ1n) is 10.7. The number of pyridine rings is 1. The number of hydrogen-bond donors (Lipinski definition) is 0. The Morgan fingerprint density at radius 1 is 1.33 bits per heavy atom. The van der Waals surface area contributed by atoms with Gasteiger partial charge in [0.1, 0.15) is 17.0 Å². The third-order valence-electron chi connectivity index (χ3n) is 4.65. The first-order chi connectivity index (χ1) is 14.0. The van der Waals surface area contributed by atoms with Crippen molar-refractivity contribution in [2.75, 3.05) is 13.1 Å². The summed E-state index contributed by atoms with van der Waals surface area (Å²) in [4.78, 5) is 18.3. The first-order valence-corrected chi connectivity index (χ1v) is 10.7. The van der Waals surface area contributed by atoms with Gasteiger partial charge in [0, 0.05) is 24.6 Å². The Labute approximate surface area is 180 Å². The zero-order valence-corrected chi connectivity index (χ0v) is 19.6.